The summed E-state index contributed by atoms with van der Waals surface area (Å²) in [4.78, 5) is 14.2. The molecule has 0 aromatic heterocycles. The van der Waals surface area contributed by atoms with Gasteiger partial charge >= 0.3 is 5.97 Å². The zero-order valence-corrected chi connectivity index (χ0v) is 12.4. The summed E-state index contributed by atoms with van der Waals surface area (Å²) in [6.07, 6.45) is 3.71. The molecule has 1 aromatic rings. The van der Waals surface area contributed by atoms with Crippen molar-refractivity contribution in [3.63, 3.8) is 0 Å². The molecule has 1 aliphatic heterocycles. The lowest BCUT2D eigenvalue weighted by molar-refractivity contribution is 0.0527. The second-order valence-corrected chi connectivity index (χ2v) is 5.35. The van der Waals surface area contributed by atoms with Crippen molar-refractivity contribution in [1.29, 1.82) is 0 Å². The van der Waals surface area contributed by atoms with Gasteiger partial charge in [-0.3, -0.25) is 0 Å². The molecule has 1 unspecified atom stereocenters. The summed E-state index contributed by atoms with van der Waals surface area (Å²) in [7, 11) is 0. The largest absolute Gasteiger partial charge is 0.462 e. The Labute approximate surface area is 120 Å². The lowest BCUT2D eigenvalue weighted by Crippen LogP contribution is -2.35. The van der Waals surface area contributed by atoms with Crippen LogP contribution in [0.3, 0.4) is 0 Å². The van der Waals surface area contributed by atoms with Crippen LogP contribution in [0.5, 0.6) is 0 Å². The van der Waals surface area contributed by atoms with Gasteiger partial charge in [0.05, 0.1) is 12.2 Å². The van der Waals surface area contributed by atoms with Crippen molar-refractivity contribution in [3.8, 4) is 0 Å². The Kier molecular flexibility index (Phi) is 4.88. The molecule has 110 valence electrons. The van der Waals surface area contributed by atoms with E-state index in [1.165, 1.54) is 19.3 Å². The van der Waals surface area contributed by atoms with Crippen molar-refractivity contribution in [3.05, 3.63) is 23.8 Å². The fourth-order valence-corrected chi connectivity index (χ4v) is 2.76. The molecule has 2 rings (SSSR count). The molecule has 1 saturated heterocycles. The summed E-state index contributed by atoms with van der Waals surface area (Å²) < 4.78 is 5.06. The summed E-state index contributed by atoms with van der Waals surface area (Å²) in [5.41, 5.74) is 7.91. The molecule has 1 atom stereocenters. The molecular weight excluding hydrogens is 252 g/mol. The molecule has 0 bridgehead atoms. The van der Waals surface area contributed by atoms with Crippen LogP contribution in [-0.4, -0.2) is 25.7 Å². The first-order valence-corrected chi connectivity index (χ1v) is 7.47. The van der Waals surface area contributed by atoms with Gasteiger partial charge in [0.15, 0.2) is 0 Å². The van der Waals surface area contributed by atoms with E-state index in [2.05, 4.69) is 11.8 Å². The van der Waals surface area contributed by atoms with Crippen LogP contribution in [0, 0.1) is 5.92 Å². The van der Waals surface area contributed by atoms with Gasteiger partial charge in [-0.05, 0) is 43.9 Å². The van der Waals surface area contributed by atoms with Gasteiger partial charge < -0.3 is 15.4 Å². The zero-order chi connectivity index (χ0) is 14.5. The number of nitrogens with two attached hydrogens (primary N) is 1. The third-order valence-electron chi connectivity index (χ3n) is 3.99. The SMILES string of the molecule is CCOC(=O)c1cc(N2CCCC(CC)C2)ccc1N. The molecule has 20 heavy (non-hydrogen) atoms. The Morgan fingerprint density at radius 2 is 2.25 bits per heavy atom. The molecule has 0 amide bonds. The highest BCUT2D eigenvalue weighted by Gasteiger charge is 2.20. The molecule has 0 spiro atoms. The van der Waals surface area contributed by atoms with Crippen LogP contribution in [0.15, 0.2) is 18.2 Å². The highest BCUT2D eigenvalue weighted by molar-refractivity contribution is 5.96. The summed E-state index contributed by atoms with van der Waals surface area (Å²) in [6, 6.07) is 5.67. The maximum Gasteiger partial charge on any atom is 0.340 e. The van der Waals surface area contributed by atoms with E-state index >= 15 is 0 Å². The van der Waals surface area contributed by atoms with Gasteiger partial charge in [0.25, 0.3) is 0 Å². The number of esters is 1. The second kappa shape index (κ2) is 6.64. The number of ether oxygens (including phenoxy) is 1. The Morgan fingerprint density at radius 1 is 1.45 bits per heavy atom. The van der Waals surface area contributed by atoms with Gasteiger partial charge in [-0.1, -0.05) is 13.3 Å². The normalized spacial score (nSPS) is 18.9. The minimum absolute atomic E-state index is 0.337. The summed E-state index contributed by atoms with van der Waals surface area (Å²) in [5.74, 6) is 0.406. The number of anilines is 2. The van der Waals surface area contributed by atoms with E-state index in [4.69, 9.17) is 10.5 Å². The van der Waals surface area contributed by atoms with Crippen molar-refractivity contribution < 1.29 is 9.53 Å². The molecule has 4 nitrogen and oxygen atoms in total. The number of carbonyl (C=O) groups is 1. The summed E-state index contributed by atoms with van der Waals surface area (Å²) in [6.45, 7) is 6.51. The average molecular weight is 276 g/mol. The number of benzene rings is 1. The number of hydrogen-bond acceptors (Lipinski definition) is 4. The molecule has 1 aromatic carbocycles. The maximum atomic E-state index is 11.9. The minimum atomic E-state index is -0.337. The van der Waals surface area contributed by atoms with E-state index in [1.54, 1.807) is 13.0 Å². The second-order valence-electron chi connectivity index (χ2n) is 5.35. The molecule has 0 aliphatic carbocycles. The van der Waals surface area contributed by atoms with Crippen LogP contribution in [0.25, 0.3) is 0 Å². The number of rotatable bonds is 4. The molecule has 1 aliphatic rings. The lowest BCUT2D eigenvalue weighted by Gasteiger charge is -2.34. The summed E-state index contributed by atoms with van der Waals surface area (Å²) >= 11 is 0. The number of hydrogen-bond donors (Lipinski definition) is 1. The first-order chi connectivity index (χ1) is 9.65. The smallest absolute Gasteiger partial charge is 0.340 e. The van der Waals surface area contributed by atoms with Crippen LogP contribution >= 0.6 is 0 Å². The van der Waals surface area contributed by atoms with E-state index < -0.39 is 0 Å². The van der Waals surface area contributed by atoms with Crippen LogP contribution in [0.2, 0.25) is 0 Å². The fourth-order valence-electron chi connectivity index (χ4n) is 2.76. The number of nitrogen functional groups attached to an aromatic ring is 1. The molecule has 2 N–H and O–H groups in total. The molecule has 0 radical (unpaired) electrons. The van der Waals surface area contributed by atoms with Crippen LogP contribution in [0.1, 0.15) is 43.5 Å². The lowest BCUT2D eigenvalue weighted by atomic mass is 9.95. The van der Waals surface area contributed by atoms with Gasteiger partial charge in [-0.15, -0.1) is 0 Å². The topological polar surface area (TPSA) is 55.6 Å². The van der Waals surface area contributed by atoms with Crippen LogP contribution in [0.4, 0.5) is 11.4 Å². The van der Waals surface area contributed by atoms with Gasteiger partial charge in [0.2, 0.25) is 0 Å². The van der Waals surface area contributed by atoms with E-state index in [-0.39, 0.29) is 5.97 Å². The number of carbonyl (C=O) groups excluding carboxylic acids is 1. The molecule has 4 heteroatoms. The van der Waals surface area contributed by atoms with Crippen molar-refractivity contribution in [2.45, 2.75) is 33.1 Å². The first kappa shape index (κ1) is 14.7. The standard InChI is InChI=1S/C16H24N2O2/c1-3-12-6-5-9-18(11-12)13-7-8-15(17)14(10-13)16(19)20-4-2/h7-8,10,12H,3-6,9,11,17H2,1-2H3. The predicted octanol–water partition coefficient (Wildman–Crippen LogP) is 3.07. The van der Waals surface area contributed by atoms with Gasteiger partial charge in [-0.25, -0.2) is 4.79 Å². The highest BCUT2D eigenvalue weighted by Crippen LogP contribution is 2.27. The highest BCUT2D eigenvalue weighted by atomic mass is 16.5. The Hall–Kier alpha value is -1.71. The number of piperidine rings is 1. The summed E-state index contributed by atoms with van der Waals surface area (Å²) in [5, 5.41) is 0. The minimum Gasteiger partial charge on any atom is -0.462 e. The van der Waals surface area contributed by atoms with Gasteiger partial charge in [0, 0.05) is 24.5 Å². The van der Waals surface area contributed by atoms with Gasteiger partial charge in [-0.2, -0.15) is 0 Å². The first-order valence-electron chi connectivity index (χ1n) is 7.47. The van der Waals surface area contributed by atoms with Crippen molar-refractivity contribution in [2.75, 3.05) is 30.3 Å². The Bertz CT molecular complexity index is 474. The van der Waals surface area contributed by atoms with Crippen LogP contribution < -0.4 is 10.6 Å². The Balaban J connectivity index is 2.20. The van der Waals surface area contributed by atoms with E-state index in [0.29, 0.717) is 17.9 Å². The quantitative estimate of drug-likeness (QED) is 0.678. The molecular formula is C16H24N2O2. The van der Waals surface area contributed by atoms with Crippen LogP contribution in [-0.2, 0) is 4.74 Å². The van der Waals surface area contributed by atoms with Gasteiger partial charge in [0.1, 0.15) is 0 Å². The fraction of sp³-hybridized carbons (Fsp3) is 0.562. The predicted molar refractivity (Wildman–Crippen MR) is 82.0 cm³/mol. The molecule has 1 fully saturated rings. The third kappa shape index (κ3) is 3.24. The molecule has 0 saturated carbocycles. The Morgan fingerprint density at radius 3 is 2.95 bits per heavy atom. The van der Waals surface area contributed by atoms with E-state index in [9.17, 15) is 4.79 Å². The van der Waals surface area contributed by atoms with Crippen molar-refractivity contribution >= 4 is 17.3 Å². The average Bonchev–Trinajstić information content (AvgIpc) is 2.48. The zero-order valence-electron chi connectivity index (χ0n) is 12.4. The van der Waals surface area contributed by atoms with Crippen molar-refractivity contribution in [1.82, 2.24) is 0 Å². The molecule has 1 heterocycles. The monoisotopic (exact) mass is 276 g/mol. The van der Waals surface area contributed by atoms with E-state index in [0.717, 1.165) is 24.7 Å². The number of nitrogens with zero attached hydrogens (tertiary/aromatic N) is 1. The maximum absolute atomic E-state index is 11.9. The van der Waals surface area contributed by atoms with E-state index in [1.807, 2.05) is 12.1 Å². The third-order valence-corrected chi connectivity index (χ3v) is 3.99. The van der Waals surface area contributed by atoms with Crippen molar-refractivity contribution in [2.24, 2.45) is 5.92 Å².